The number of amides is 1. The van der Waals surface area contributed by atoms with E-state index < -0.39 is 0 Å². The highest BCUT2D eigenvalue weighted by molar-refractivity contribution is 7.80. The van der Waals surface area contributed by atoms with Crippen LogP contribution < -0.4 is 9.80 Å². The molecule has 2 aliphatic rings. The van der Waals surface area contributed by atoms with Crippen LogP contribution in [0.25, 0.3) is 0 Å². The molecule has 5 rings (SSSR count). The number of fused-ring (bicyclic) bond motifs is 1. The zero-order valence-electron chi connectivity index (χ0n) is 17.4. The maximum absolute atomic E-state index is 13.6. The van der Waals surface area contributed by atoms with Gasteiger partial charge in [0.05, 0.1) is 12.4 Å². The van der Waals surface area contributed by atoms with Gasteiger partial charge < -0.3 is 9.80 Å². The fourth-order valence-corrected chi connectivity index (χ4v) is 4.97. The highest BCUT2D eigenvalue weighted by Crippen LogP contribution is 2.31. The second kappa shape index (κ2) is 8.52. The third-order valence-electron chi connectivity index (χ3n) is 6.13. The summed E-state index contributed by atoms with van der Waals surface area (Å²) in [4.78, 5) is 19.8. The number of carbonyl (C=O) groups excluding carboxylic acids is 1. The molecule has 3 aromatic rings. The molecule has 2 aliphatic heterocycles. The van der Waals surface area contributed by atoms with Crippen LogP contribution in [-0.2, 0) is 17.6 Å². The largest absolute Gasteiger partial charge is 0.353 e. The lowest BCUT2D eigenvalue weighted by Gasteiger charge is -2.36. The molecule has 31 heavy (non-hydrogen) atoms. The number of anilines is 2. The number of thiocarbonyl (C=S) groups is 1. The Labute approximate surface area is 188 Å². The first kappa shape index (κ1) is 19.8. The van der Waals surface area contributed by atoms with E-state index >= 15 is 0 Å². The van der Waals surface area contributed by atoms with Crippen LogP contribution in [0.4, 0.5) is 11.4 Å². The second-order valence-corrected chi connectivity index (χ2v) is 8.47. The topological polar surface area (TPSA) is 26.8 Å². The summed E-state index contributed by atoms with van der Waals surface area (Å²) in [6.07, 6.45) is 2.84. The van der Waals surface area contributed by atoms with Crippen molar-refractivity contribution in [3.8, 4) is 0 Å². The Hall–Kier alpha value is -3.18. The zero-order valence-corrected chi connectivity index (χ0v) is 18.2. The van der Waals surface area contributed by atoms with Crippen molar-refractivity contribution in [1.29, 1.82) is 0 Å². The van der Waals surface area contributed by atoms with Crippen molar-refractivity contribution in [2.75, 3.05) is 23.0 Å². The van der Waals surface area contributed by atoms with E-state index in [2.05, 4.69) is 46.2 Å². The molecule has 1 unspecified atom stereocenters. The minimum Gasteiger partial charge on any atom is -0.353 e. The van der Waals surface area contributed by atoms with Crippen molar-refractivity contribution in [2.45, 2.75) is 25.3 Å². The van der Waals surface area contributed by atoms with Crippen LogP contribution in [0, 0.1) is 0 Å². The SMILES string of the molecule is O=C1C(Cc2ccccc2)N(CN2CCCc3ccccc32)C(=S)N1c1ccccc1. The predicted molar refractivity (Wildman–Crippen MR) is 129 cm³/mol. The molecule has 1 fully saturated rings. The van der Waals surface area contributed by atoms with Gasteiger partial charge in [0, 0.05) is 18.7 Å². The van der Waals surface area contributed by atoms with E-state index in [1.165, 1.54) is 11.3 Å². The molecule has 0 spiro atoms. The number of carbonyl (C=O) groups is 1. The average Bonchev–Trinajstić information content (AvgIpc) is 3.04. The molecule has 1 saturated heterocycles. The quantitative estimate of drug-likeness (QED) is 0.554. The molecule has 1 atom stereocenters. The number of rotatable bonds is 5. The Kier molecular flexibility index (Phi) is 5.43. The first-order chi connectivity index (χ1) is 15.2. The molecule has 156 valence electrons. The Morgan fingerprint density at radius 3 is 2.32 bits per heavy atom. The number of benzene rings is 3. The van der Waals surface area contributed by atoms with Gasteiger partial charge in [-0.25, -0.2) is 0 Å². The lowest BCUT2D eigenvalue weighted by Crippen LogP contribution is -2.46. The number of hydrogen-bond acceptors (Lipinski definition) is 3. The summed E-state index contributed by atoms with van der Waals surface area (Å²) in [5, 5.41) is 0.584. The normalized spacial score (nSPS) is 18.5. The Bertz CT molecular complexity index is 1090. The maximum atomic E-state index is 13.6. The van der Waals surface area contributed by atoms with Crippen LogP contribution >= 0.6 is 12.2 Å². The summed E-state index contributed by atoms with van der Waals surface area (Å²) in [7, 11) is 0. The van der Waals surface area contributed by atoms with Crippen molar-refractivity contribution in [3.63, 3.8) is 0 Å². The fourth-order valence-electron chi connectivity index (χ4n) is 4.59. The van der Waals surface area contributed by atoms with E-state index in [0.717, 1.165) is 30.6 Å². The molecular weight excluding hydrogens is 402 g/mol. The number of hydrogen-bond donors (Lipinski definition) is 0. The molecule has 0 saturated carbocycles. The molecule has 0 N–H and O–H groups in total. The van der Waals surface area contributed by atoms with E-state index in [4.69, 9.17) is 12.2 Å². The van der Waals surface area contributed by atoms with Crippen LogP contribution in [0.5, 0.6) is 0 Å². The molecule has 3 aromatic carbocycles. The molecule has 0 aliphatic carbocycles. The molecule has 0 radical (unpaired) electrons. The summed E-state index contributed by atoms with van der Waals surface area (Å²) in [6.45, 7) is 1.58. The van der Waals surface area contributed by atoms with Crippen molar-refractivity contribution < 1.29 is 4.79 Å². The van der Waals surface area contributed by atoms with Gasteiger partial charge in [-0.15, -0.1) is 0 Å². The van der Waals surface area contributed by atoms with Crippen molar-refractivity contribution in [1.82, 2.24) is 4.90 Å². The van der Waals surface area contributed by atoms with Crippen molar-refractivity contribution >= 4 is 34.6 Å². The lowest BCUT2D eigenvalue weighted by molar-refractivity contribution is -0.119. The highest BCUT2D eigenvalue weighted by Gasteiger charge is 2.43. The minimum atomic E-state index is -0.316. The first-order valence-electron chi connectivity index (χ1n) is 10.8. The molecule has 4 nitrogen and oxygen atoms in total. The standard InChI is InChI=1S/C26H25N3OS/c30-25-24(18-20-10-3-1-4-11-20)28(26(31)29(25)22-14-5-2-6-15-22)19-27-17-9-13-21-12-7-8-16-23(21)27/h1-8,10-12,14-16,24H,9,13,17-19H2. The molecule has 0 bridgehead atoms. The van der Waals surface area contributed by atoms with Gasteiger partial charge >= 0.3 is 0 Å². The predicted octanol–water partition coefficient (Wildman–Crippen LogP) is 4.64. The molecule has 2 heterocycles. The van der Waals surface area contributed by atoms with Crippen LogP contribution in [0.1, 0.15) is 17.5 Å². The van der Waals surface area contributed by atoms with Crippen molar-refractivity contribution in [3.05, 3.63) is 96.1 Å². The van der Waals surface area contributed by atoms with Gasteiger partial charge in [-0.1, -0.05) is 66.7 Å². The first-order valence-corrected chi connectivity index (χ1v) is 11.2. The van der Waals surface area contributed by atoms with E-state index in [1.807, 2.05) is 48.5 Å². The van der Waals surface area contributed by atoms with E-state index in [0.29, 0.717) is 18.2 Å². The third kappa shape index (κ3) is 3.81. The lowest BCUT2D eigenvalue weighted by atomic mass is 10.0. The second-order valence-electron chi connectivity index (χ2n) is 8.10. The van der Waals surface area contributed by atoms with Crippen LogP contribution in [0.3, 0.4) is 0 Å². The summed E-state index contributed by atoms with van der Waals surface area (Å²) in [5.41, 5.74) is 4.59. The molecule has 0 aromatic heterocycles. The monoisotopic (exact) mass is 427 g/mol. The van der Waals surface area contributed by atoms with Gasteiger partial charge in [-0.2, -0.15) is 0 Å². The molecule has 5 heteroatoms. The Morgan fingerprint density at radius 1 is 0.871 bits per heavy atom. The average molecular weight is 428 g/mol. The number of para-hydroxylation sites is 2. The van der Waals surface area contributed by atoms with Crippen LogP contribution in [0.15, 0.2) is 84.9 Å². The Morgan fingerprint density at radius 2 is 1.55 bits per heavy atom. The van der Waals surface area contributed by atoms with Gasteiger partial charge in [0.25, 0.3) is 5.91 Å². The van der Waals surface area contributed by atoms with Crippen LogP contribution in [-0.4, -0.2) is 35.2 Å². The smallest absolute Gasteiger partial charge is 0.256 e. The van der Waals surface area contributed by atoms with E-state index in [-0.39, 0.29) is 11.9 Å². The number of nitrogens with zero attached hydrogens (tertiary/aromatic N) is 3. The van der Waals surface area contributed by atoms with Gasteiger partial charge in [-0.05, 0) is 54.4 Å². The minimum absolute atomic E-state index is 0.0466. The summed E-state index contributed by atoms with van der Waals surface area (Å²) in [6, 6.07) is 28.2. The van der Waals surface area contributed by atoms with Gasteiger partial charge in [0.15, 0.2) is 5.11 Å². The van der Waals surface area contributed by atoms with Crippen molar-refractivity contribution in [2.24, 2.45) is 0 Å². The van der Waals surface area contributed by atoms with Gasteiger partial charge in [-0.3, -0.25) is 9.69 Å². The fraction of sp³-hybridized carbons (Fsp3) is 0.231. The summed E-state index contributed by atoms with van der Waals surface area (Å²) in [5.74, 6) is 0.0466. The summed E-state index contributed by atoms with van der Waals surface area (Å²) < 4.78 is 0. The molecular formula is C26H25N3OS. The Balaban J connectivity index is 1.48. The van der Waals surface area contributed by atoms with Gasteiger partial charge in [0.1, 0.15) is 6.04 Å². The van der Waals surface area contributed by atoms with Crippen LogP contribution in [0.2, 0.25) is 0 Å². The number of aryl methyl sites for hydroxylation is 1. The maximum Gasteiger partial charge on any atom is 0.256 e. The van der Waals surface area contributed by atoms with E-state index in [9.17, 15) is 4.79 Å². The van der Waals surface area contributed by atoms with E-state index in [1.54, 1.807) is 4.90 Å². The highest BCUT2D eigenvalue weighted by atomic mass is 32.1. The molecule has 1 amide bonds. The zero-order chi connectivity index (χ0) is 21.2. The summed E-state index contributed by atoms with van der Waals surface area (Å²) >= 11 is 5.89. The third-order valence-corrected chi connectivity index (χ3v) is 6.55. The van der Waals surface area contributed by atoms with Gasteiger partial charge in [0.2, 0.25) is 0 Å².